The first kappa shape index (κ1) is 16.5. The molecule has 0 saturated carbocycles. The number of amides is 2. The molecule has 0 aliphatic carbocycles. The van der Waals surface area contributed by atoms with Crippen molar-refractivity contribution in [2.75, 3.05) is 13.6 Å². The summed E-state index contributed by atoms with van der Waals surface area (Å²) in [7, 11) is 1.78. The molecule has 0 saturated heterocycles. The van der Waals surface area contributed by atoms with Crippen LogP contribution in [0, 0.1) is 20.8 Å². The summed E-state index contributed by atoms with van der Waals surface area (Å²) in [5.74, 6) is 0. The van der Waals surface area contributed by atoms with Crippen molar-refractivity contribution in [2.24, 2.45) is 0 Å². The summed E-state index contributed by atoms with van der Waals surface area (Å²) < 4.78 is 1.98. The molecule has 0 bridgehead atoms. The molecule has 22 heavy (non-hydrogen) atoms. The molecule has 6 nitrogen and oxygen atoms in total. The van der Waals surface area contributed by atoms with Crippen LogP contribution in [-0.2, 0) is 13.1 Å². The van der Waals surface area contributed by atoms with Crippen LogP contribution in [0.1, 0.15) is 28.5 Å². The lowest BCUT2D eigenvalue weighted by Crippen LogP contribution is -2.37. The summed E-state index contributed by atoms with van der Waals surface area (Å²) in [6.45, 7) is 7.98. The molecule has 0 unspecified atom stereocenters. The Bertz CT molecular complexity index is 634. The van der Waals surface area contributed by atoms with Crippen molar-refractivity contribution in [1.29, 1.82) is 0 Å². The number of aromatic nitrogens is 3. The van der Waals surface area contributed by atoms with Crippen molar-refractivity contribution in [2.45, 2.75) is 40.3 Å². The van der Waals surface area contributed by atoms with E-state index < -0.39 is 0 Å². The smallest absolute Gasteiger partial charge is 0.317 e. The van der Waals surface area contributed by atoms with Gasteiger partial charge in [-0.3, -0.25) is 4.68 Å². The molecule has 2 heterocycles. The first-order valence-corrected chi connectivity index (χ1v) is 8.24. The van der Waals surface area contributed by atoms with Gasteiger partial charge in [0.25, 0.3) is 0 Å². The van der Waals surface area contributed by atoms with Gasteiger partial charge in [0.15, 0.2) is 0 Å². The lowest BCUT2D eigenvalue weighted by molar-refractivity contribution is 0.206. The number of nitrogens with zero attached hydrogens (tertiary/aromatic N) is 4. The highest BCUT2D eigenvalue weighted by Crippen LogP contribution is 2.09. The van der Waals surface area contributed by atoms with Gasteiger partial charge < -0.3 is 10.2 Å². The lowest BCUT2D eigenvalue weighted by Gasteiger charge is -2.16. The van der Waals surface area contributed by atoms with Crippen molar-refractivity contribution >= 4 is 17.4 Å². The Hall–Kier alpha value is -1.89. The predicted molar refractivity (Wildman–Crippen MR) is 88.0 cm³/mol. The van der Waals surface area contributed by atoms with E-state index in [0.29, 0.717) is 13.1 Å². The van der Waals surface area contributed by atoms with E-state index in [1.165, 1.54) is 0 Å². The third kappa shape index (κ3) is 4.56. The summed E-state index contributed by atoms with van der Waals surface area (Å²) in [6, 6.07) is 1.99. The second kappa shape index (κ2) is 7.40. The van der Waals surface area contributed by atoms with E-state index in [0.717, 1.165) is 35.1 Å². The number of hydrogen-bond donors (Lipinski definition) is 1. The van der Waals surface area contributed by atoms with Crippen LogP contribution < -0.4 is 5.32 Å². The zero-order valence-corrected chi connectivity index (χ0v) is 14.4. The van der Waals surface area contributed by atoms with Crippen molar-refractivity contribution < 1.29 is 4.79 Å². The zero-order chi connectivity index (χ0) is 16.1. The highest BCUT2D eigenvalue weighted by atomic mass is 32.1. The van der Waals surface area contributed by atoms with E-state index in [-0.39, 0.29) is 6.03 Å². The normalized spacial score (nSPS) is 10.7. The molecule has 0 atom stereocenters. The zero-order valence-electron chi connectivity index (χ0n) is 13.6. The third-order valence-electron chi connectivity index (χ3n) is 3.34. The number of carbonyl (C=O) groups excluding carboxylic acids is 1. The summed E-state index contributed by atoms with van der Waals surface area (Å²) in [5, 5.41) is 10.3. The van der Waals surface area contributed by atoms with Crippen LogP contribution in [0.3, 0.4) is 0 Å². The quantitative estimate of drug-likeness (QED) is 0.832. The number of carbonyl (C=O) groups is 1. The second-order valence-electron chi connectivity index (χ2n) is 5.45. The standard InChI is InChI=1S/C15H23N5OS/c1-11-8-12(2)20(18-11)7-5-6-16-15(21)19(4)9-14-10-22-13(3)17-14/h8,10H,5-7,9H2,1-4H3,(H,16,21). The van der Waals surface area contributed by atoms with E-state index in [4.69, 9.17) is 0 Å². The SMILES string of the molecule is Cc1cc(C)n(CCCNC(=O)N(C)Cc2csc(C)n2)n1. The van der Waals surface area contributed by atoms with Crippen LogP contribution in [0.2, 0.25) is 0 Å². The number of nitrogens with one attached hydrogen (secondary N) is 1. The van der Waals surface area contributed by atoms with Gasteiger partial charge in [-0.15, -0.1) is 11.3 Å². The van der Waals surface area contributed by atoms with Gasteiger partial charge in [-0.05, 0) is 33.3 Å². The Kier molecular flexibility index (Phi) is 5.54. The predicted octanol–water partition coefficient (Wildman–Crippen LogP) is 2.50. The van der Waals surface area contributed by atoms with Crippen LogP contribution in [0.4, 0.5) is 4.79 Å². The molecule has 0 fully saturated rings. The molecule has 1 N–H and O–H groups in total. The molecular formula is C15H23N5OS. The molecule has 2 amide bonds. The Balaban J connectivity index is 1.70. The molecule has 0 spiro atoms. The molecule has 0 aliphatic heterocycles. The summed E-state index contributed by atoms with van der Waals surface area (Å²) in [5.41, 5.74) is 3.11. The Morgan fingerprint density at radius 3 is 2.77 bits per heavy atom. The molecule has 2 aromatic rings. The minimum atomic E-state index is -0.0704. The van der Waals surface area contributed by atoms with Gasteiger partial charge >= 0.3 is 6.03 Å². The second-order valence-corrected chi connectivity index (χ2v) is 6.51. The fourth-order valence-electron chi connectivity index (χ4n) is 2.26. The minimum Gasteiger partial charge on any atom is -0.338 e. The van der Waals surface area contributed by atoms with Gasteiger partial charge in [0, 0.05) is 31.2 Å². The highest BCUT2D eigenvalue weighted by Gasteiger charge is 2.10. The van der Waals surface area contributed by atoms with Gasteiger partial charge in [-0.25, -0.2) is 9.78 Å². The number of hydrogen-bond acceptors (Lipinski definition) is 4. The molecule has 0 radical (unpaired) electrons. The first-order valence-electron chi connectivity index (χ1n) is 7.36. The van der Waals surface area contributed by atoms with E-state index in [9.17, 15) is 4.79 Å². The fraction of sp³-hybridized carbons (Fsp3) is 0.533. The summed E-state index contributed by atoms with van der Waals surface area (Å²) in [6.07, 6.45) is 0.858. The summed E-state index contributed by atoms with van der Waals surface area (Å²) in [4.78, 5) is 18.0. The van der Waals surface area contributed by atoms with Gasteiger partial charge in [-0.2, -0.15) is 5.10 Å². The maximum absolute atomic E-state index is 12.0. The topological polar surface area (TPSA) is 63.1 Å². The molecule has 2 aromatic heterocycles. The molecule has 0 aliphatic rings. The number of rotatable bonds is 6. The van der Waals surface area contributed by atoms with Crippen LogP contribution in [0.25, 0.3) is 0 Å². The maximum Gasteiger partial charge on any atom is 0.317 e. The molecule has 7 heteroatoms. The summed E-state index contributed by atoms with van der Waals surface area (Å²) >= 11 is 1.60. The number of urea groups is 1. The van der Waals surface area contributed by atoms with Gasteiger partial charge in [0.2, 0.25) is 0 Å². The fourth-order valence-corrected chi connectivity index (χ4v) is 2.86. The van der Waals surface area contributed by atoms with E-state index in [2.05, 4.69) is 21.5 Å². The van der Waals surface area contributed by atoms with E-state index >= 15 is 0 Å². The molecule has 2 rings (SSSR count). The van der Waals surface area contributed by atoms with Crippen LogP contribution in [0.15, 0.2) is 11.4 Å². The minimum absolute atomic E-state index is 0.0704. The average Bonchev–Trinajstić information content (AvgIpc) is 3.00. The van der Waals surface area contributed by atoms with Crippen molar-refractivity contribution in [1.82, 2.24) is 25.0 Å². The Morgan fingerprint density at radius 2 is 2.18 bits per heavy atom. The molecule has 0 aromatic carbocycles. The van der Waals surface area contributed by atoms with Crippen molar-refractivity contribution in [3.8, 4) is 0 Å². The van der Waals surface area contributed by atoms with Crippen molar-refractivity contribution in [3.05, 3.63) is 33.5 Å². The monoisotopic (exact) mass is 321 g/mol. The van der Waals surface area contributed by atoms with Crippen molar-refractivity contribution in [3.63, 3.8) is 0 Å². The van der Waals surface area contributed by atoms with Crippen LogP contribution >= 0.6 is 11.3 Å². The largest absolute Gasteiger partial charge is 0.338 e. The lowest BCUT2D eigenvalue weighted by atomic mass is 10.4. The Morgan fingerprint density at radius 1 is 1.41 bits per heavy atom. The average molecular weight is 321 g/mol. The van der Waals surface area contributed by atoms with Gasteiger partial charge in [0.1, 0.15) is 0 Å². The third-order valence-corrected chi connectivity index (χ3v) is 4.16. The maximum atomic E-state index is 12.0. The van der Waals surface area contributed by atoms with E-state index in [1.54, 1.807) is 23.3 Å². The van der Waals surface area contributed by atoms with Crippen LogP contribution in [0.5, 0.6) is 0 Å². The molecular weight excluding hydrogens is 298 g/mol. The number of aryl methyl sites for hydroxylation is 4. The Labute approximate surface area is 135 Å². The van der Waals surface area contributed by atoms with E-state index in [1.807, 2.05) is 30.8 Å². The number of thiazole rings is 1. The molecule has 120 valence electrons. The van der Waals surface area contributed by atoms with Gasteiger partial charge in [-0.1, -0.05) is 0 Å². The highest BCUT2D eigenvalue weighted by molar-refractivity contribution is 7.09. The van der Waals surface area contributed by atoms with Crippen LogP contribution in [-0.4, -0.2) is 39.3 Å². The van der Waals surface area contributed by atoms with Gasteiger partial charge in [0.05, 0.1) is 22.9 Å². The first-order chi connectivity index (χ1) is 10.5.